The number of rotatable bonds is 4. The second kappa shape index (κ2) is 5.90. The summed E-state index contributed by atoms with van der Waals surface area (Å²) in [5.41, 5.74) is 5.74. The van der Waals surface area contributed by atoms with Crippen molar-refractivity contribution < 1.29 is 23.8 Å². The molecule has 0 aliphatic carbocycles. The van der Waals surface area contributed by atoms with Gasteiger partial charge in [-0.25, -0.2) is 4.79 Å². The Balaban J connectivity index is 2.11. The maximum absolute atomic E-state index is 11.8. The summed E-state index contributed by atoms with van der Waals surface area (Å²) in [6.07, 6.45) is 0.00893. The van der Waals surface area contributed by atoms with Crippen LogP contribution < -0.4 is 5.73 Å². The standard InChI is InChI=1S/C13H13NO5/c14-12(15)11(9-4-2-1-3-5-9)19-13(16)10-8-17-6-7-18-10/h1-5,8,11H,6-7H2,(H2,14,15). The molecule has 6 heteroatoms. The molecule has 1 amide bonds. The highest BCUT2D eigenvalue weighted by Gasteiger charge is 2.26. The molecule has 19 heavy (non-hydrogen) atoms. The molecule has 0 radical (unpaired) electrons. The molecule has 1 atom stereocenters. The number of primary amides is 1. The number of hydrogen-bond donors (Lipinski definition) is 1. The van der Waals surface area contributed by atoms with Crippen LogP contribution in [0.5, 0.6) is 0 Å². The number of amides is 1. The highest BCUT2D eigenvalue weighted by atomic mass is 16.6. The van der Waals surface area contributed by atoms with Gasteiger partial charge in [0.25, 0.3) is 5.91 Å². The molecule has 1 aromatic rings. The summed E-state index contributed by atoms with van der Waals surface area (Å²) in [4.78, 5) is 23.2. The highest BCUT2D eigenvalue weighted by Crippen LogP contribution is 2.19. The van der Waals surface area contributed by atoms with Gasteiger partial charge < -0.3 is 19.9 Å². The van der Waals surface area contributed by atoms with Crippen molar-refractivity contribution in [3.05, 3.63) is 47.9 Å². The van der Waals surface area contributed by atoms with Gasteiger partial charge >= 0.3 is 5.97 Å². The summed E-state index contributed by atoms with van der Waals surface area (Å²) in [6, 6.07) is 8.52. The SMILES string of the molecule is NC(=O)C(OC(=O)C1=COCCO1)c1ccccc1. The third-order valence-corrected chi connectivity index (χ3v) is 2.44. The number of ether oxygens (including phenoxy) is 3. The Morgan fingerprint density at radius 1 is 1.21 bits per heavy atom. The summed E-state index contributed by atoms with van der Waals surface area (Å²) < 4.78 is 15.1. The number of esters is 1. The summed E-state index contributed by atoms with van der Waals surface area (Å²) in [5.74, 6) is -1.61. The Morgan fingerprint density at radius 2 is 1.95 bits per heavy atom. The lowest BCUT2D eigenvalue weighted by molar-refractivity contribution is -0.156. The number of carbonyl (C=O) groups is 2. The minimum Gasteiger partial charge on any atom is -0.493 e. The van der Waals surface area contributed by atoms with Crippen LogP contribution in [0.2, 0.25) is 0 Å². The van der Waals surface area contributed by atoms with E-state index in [0.717, 1.165) is 6.26 Å². The molecule has 1 aliphatic heterocycles. The minimum absolute atomic E-state index is 0.0755. The van der Waals surface area contributed by atoms with E-state index < -0.39 is 18.0 Å². The molecular weight excluding hydrogens is 250 g/mol. The minimum atomic E-state index is -1.15. The fraction of sp³-hybridized carbons (Fsp3) is 0.231. The first-order valence-corrected chi connectivity index (χ1v) is 5.68. The number of carbonyl (C=O) groups excluding carboxylic acids is 2. The van der Waals surface area contributed by atoms with E-state index >= 15 is 0 Å². The Labute approximate surface area is 109 Å². The van der Waals surface area contributed by atoms with Crippen LogP contribution >= 0.6 is 0 Å². The van der Waals surface area contributed by atoms with E-state index in [2.05, 4.69) is 0 Å². The molecule has 6 nitrogen and oxygen atoms in total. The van der Waals surface area contributed by atoms with Gasteiger partial charge in [-0.2, -0.15) is 0 Å². The molecule has 1 aliphatic rings. The second-order valence-electron chi connectivity index (χ2n) is 3.80. The summed E-state index contributed by atoms with van der Waals surface area (Å²) in [5, 5.41) is 0. The molecule has 2 rings (SSSR count). The van der Waals surface area contributed by atoms with Gasteiger partial charge in [0.05, 0.1) is 0 Å². The molecule has 0 aromatic heterocycles. The lowest BCUT2D eigenvalue weighted by Gasteiger charge is -2.18. The maximum atomic E-state index is 11.8. The second-order valence-corrected chi connectivity index (χ2v) is 3.80. The van der Waals surface area contributed by atoms with Crippen LogP contribution in [0, 0.1) is 0 Å². The lowest BCUT2D eigenvalue weighted by Crippen LogP contribution is -2.28. The third-order valence-electron chi connectivity index (χ3n) is 2.44. The predicted molar refractivity (Wildman–Crippen MR) is 64.5 cm³/mol. The summed E-state index contributed by atoms with van der Waals surface area (Å²) in [7, 11) is 0. The van der Waals surface area contributed by atoms with Crippen LogP contribution in [-0.4, -0.2) is 25.1 Å². The maximum Gasteiger partial charge on any atom is 0.378 e. The van der Waals surface area contributed by atoms with E-state index in [1.165, 1.54) is 0 Å². The largest absolute Gasteiger partial charge is 0.493 e. The Morgan fingerprint density at radius 3 is 2.53 bits per heavy atom. The first kappa shape index (κ1) is 12.9. The van der Waals surface area contributed by atoms with Crippen LogP contribution in [0.1, 0.15) is 11.7 Å². The molecule has 100 valence electrons. The zero-order valence-electron chi connectivity index (χ0n) is 10.1. The summed E-state index contributed by atoms with van der Waals surface area (Å²) >= 11 is 0. The van der Waals surface area contributed by atoms with Crippen molar-refractivity contribution in [3.8, 4) is 0 Å². The zero-order valence-corrected chi connectivity index (χ0v) is 10.1. The van der Waals surface area contributed by atoms with Gasteiger partial charge in [0.1, 0.15) is 19.5 Å². The Hall–Kier alpha value is -2.50. The van der Waals surface area contributed by atoms with Gasteiger partial charge in [-0.1, -0.05) is 30.3 Å². The van der Waals surface area contributed by atoms with Gasteiger partial charge in [-0.15, -0.1) is 0 Å². The number of nitrogens with two attached hydrogens (primary N) is 1. The molecule has 0 spiro atoms. The first-order valence-electron chi connectivity index (χ1n) is 5.68. The van der Waals surface area contributed by atoms with Crippen molar-refractivity contribution in [2.75, 3.05) is 13.2 Å². The number of benzene rings is 1. The van der Waals surface area contributed by atoms with Crippen LogP contribution in [0.4, 0.5) is 0 Å². The molecular formula is C13H13NO5. The van der Waals surface area contributed by atoms with Gasteiger partial charge in [0, 0.05) is 5.56 Å². The molecule has 0 fully saturated rings. The lowest BCUT2D eigenvalue weighted by atomic mass is 10.1. The van der Waals surface area contributed by atoms with E-state index in [4.69, 9.17) is 19.9 Å². The predicted octanol–water partition coefficient (Wildman–Crippen LogP) is 0.644. The average molecular weight is 263 g/mol. The van der Waals surface area contributed by atoms with Crippen molar-refractivity contribution >= 4 is 11.9 Å². The molecule has 1 aromatic carbocycles. The van der Waals surface area contributed by atoms with Crippen molar-refractivity contribution in [1.29, 1.82) is 0 Å². The fourth-order valence-electron chi connectivity index (χ4n) is 1.56. The summed E-state index contributed by atoms with van der Waals surface area (Å²) in [6.45, 7) is 0.627. The molecule has 1 heterocycles. The van der Waals surface area contributed by atoms with Crippen molar-refractivity contribution in [2.45, 2.75) is 6.10 Å². The third kappa shape index (κ3) is 3.25. The smallest absolute Gasteiger partial charge is 0.378 e. The van der Waals surface area contributed by atoms with Crippen molar-refractivity contribution in [3.63, 3.8) is 0 Å². The quantitative estimate of drug-likeness (QED) is 0.805. The van der Waals surface area contributed by atoms with Gasteiger partial charge in [-0.05, 0) is 0 Å². The van der Waals surface area contributed by atoms with Crippen molar-refractivity contribution in [2.24, 2.45) is 5.73 Å². The van der Waals surface area contributed by atoms with Crippen LogP contribution in [0.3, 0.4) is 0 Å². The monoisotopic (exact) mass is 263 g/mol. The first-order chi connectivity index (χ1) is 9.18. The number of hydrogen-bond acceptors (Lipinski definition) is 5. The van der Waals surface area contributed by atoms with Gasteiger partial charge in [0.2, 0.25) is 11.9 Å². The highest BCUT2D eigenvalue weighted by molar-refractivity contribution is 5.90. The average Bonchev–Trinajstić information content (AvgIpc) is 2.46. The van der Waals surface area contributed by atoms with E-state index in [9.17, 15) is 9.59 Å². The van der Waals surface area contributed by atoms with Crippen molar-refractivity contribution in [1.82, 2.24) is 0 Å². The fourth-order valence-corrected chi connectivity index (χ4v) is 1.56. The van der Waals surface area contributed by atoms with Crippen LogP contribution in [-0.2, 0) is 23.8 Å². The topological polar surface area (TPSA) is 87.9 Å². The Bertz CT molecular complexity index is 497. The molecule has 1 unspecified atom stereocenters. The van der Waals surface area contributed by atoms with Gasteiger partial charge in [0.15, 0.2) is 0 Å². The van der Waals surface area contributed by atoms with Crippen LogP contribution in [0.15, 0.2) is 42.4 Å². The van der Waals surface area contributed by atoms with E-state index in [0.29, 0.717) is 12.2 Å². The normalized spacial score (nSPS) is 15.5. The molecule has 0 saturated carbocycles. The zero-order chi connectivity index (χ0) is 13.7. The molecule has 0 saturated heterocycles. The van der Waals surface area contributed by atoms with Gasteiger partial charge in [-0.3, -0.25) is 4.79 Å². The van der Waals surface area contributed by atoms with E-state index in [-0.39, 0.29) is 12.4 Å². The van der Waals surface area contributed by atoms with Crippen LogP contribution in [0.25, 0.3) is 0 Å². The Kier molecular flexibility index (Phi) is 4.02. The molecule has 2 N–H and O–H groups in total. The van der Waals surface area contributed by atoms with E-state index in [1.807, 2.05) is 0 Å². The molecule has 0 bridgehead atoms. The van der Waals surface area contributed by atoms with E-state index in [1.54, 1.807) is 30.3 Å².